The summed E-state index contributed by atoms with van der Waals surface area (Å²) in [6.45, 7) is 1.85. The zero-order valence-electron chi connectivity index (χ0n) is 7.37. The van der Waals surface area contributed by atoms with E-state index in [0.717, 1.165) is 5.69 Å². The van der Waals surface area contributed by atoms with Crippen molar-refractivity contribution in [2.45, 2.75) is 6.92 Å². The number of carbonyl (C=O) groups excluding carboxylic acids is 1. The van der Waals surface area contributed by atoms with E-state index in [2.05, 4.69) is 5.32 Å². The zero-order chi connectivity index (χ0) is 9.68. The van der Waals surface area contributed by atoms with Crippen molar-refractivity contribution >= 4 is 11.5 Å². The predicted molar refractivity (Wildman–Crippen MR) is 50.3 cm³/mol. The summed E-state index contributed by atoms with van der Waals surface area (Å²) >= 11 is 0. The number of hydrogen-bond donors (Lipinski definition) is 1. The first kappa shape index (κ1) is 9.27. The van der Waals surface area contributed by atoms with Crippen molar-refractivity contribution in [2.24, 2.45) is 0 Å². The molecule has 13 heavy (non-hydrogen) atoms. The van der Waals surface area contributed by atoms with E-state index in [9.17, 15) is 4.79 Å². The Morgan fingerprint density at radius 2 is 2.08 bits per heavy atom. The Bertz CT molecular complexity index is 335. The van der Waals surface area contributed by atoms with E-state index < -0.39 is 0 Å². The summed E-state index contributed by atoms with van der Waals surface area (Å²) < 4.78 is 0. The minimum absolute atomic E-state index is 0.0874. The highest BCUT2D eigenvalue weighted by molar-refractivity contribution is 5.80. The Labute approximate surface area is 77.0 Å². The van der Waals surface area contributed by atoms with Crippen molar-refractivity contribution in [2.75, 3.05) is 11.9 Å². The molecule has 0 radical (unpaired) electrons. The minimum Gasteiger partial charge on any atom is -0.378 e. The Kier molecular flexibility index (Phi) is 3.04. The van der Waals surface area contributed by atoms with Gasteiger partial charge in [0, 0.05) is 5.69 Å². The molecule has 0 aliphatic carbocycles. The van der Waals surface area contributed by atoms with Gasteiger partial charge in [0.1, 0.15) is 5.78 Å². The van der Waals surface area contributed by atoms with Crippen LogP contribution in [0.4, 0.5) is 5.69 Å². The summed E-state index contributed by atoms with van der Waals surface area (Å²) in [5.41, 5.74) is 1.47. The molecule has 1 aromatic carbocycles. The highest BCUT2D eigenvalue weighted by Gasteiger charge is 1.94. The molecule has 3 nitrogen and oxygen atoms in total. The van der Waals surface area contributed by atoms with E-state index in [0.29, 0.717) is 12.1 Å². The number of nitriles is 1. The lowest BCUT2D eigenvalue weighted by Crippen LogP contribution is -2.09. The standard InChI is InChI=1S/C10H10N2O/c1-8(13)7-12-10-4-2-9(6-11)3-5-10/h2-5,12H,7H2,1H3. The average Bonchev–Trinajstić information content (AvgIpc) is 2.15. The number of carbonyl (C=O) groups is 1. The average molecular weight is 174 g/mol. The third-order valence-electron chi connectivity index (χ3n) is 1.56. The van der Waals surface area contributed by atoms with Gasteiger partial charge >= 0.3 is 0 Å². The third-order valence-corrected chi connectivity index (χ3v) is 1.56. The lowest BCUT2D eigenvalue weighted by molar-refractivity contribution is -0.115. The highest BCUT2D eigenvalue weighted by Crippen LogP contribution is 2.07. The van der Waals surface area contributed by atoms with Crippen molar-refractivity contribution in [3.8, 4) is 6.07 Å². The molecule has 1 N–H and O–H groups in total. The van der Waals surface area contributed by atoms with Crippen LogP contribution in [0.2, 0.25) is 0 Å². The fourth-order valence-electron chi connectivity index (χ4n) is 0.889. The number of hydrogen-bond acceptors (Lipinski definition) is 3. The number of nitrogens with one attached hydrogen (secondary N) is 1. The molecular formula is C10H10N2O. The molecule has 0 aliphatic heterocycles. The van der Waals surface area contributed by atoms with Crippen LogP contribution in [0, 0.1) is 11.3 Å². The van der Waals surface area contributed by atoms with E-state index in [4.69, 9.17) is 5.26 Å². The van der Waals surface area contributed by atoms with Gasteiger partial charge in [0.05, 0.1) is 18.2 Å². The molecule has 0 spiro atoms. The van der Waals surface area contributed by atoms with Gasteiger partial charge in [-0.1, -0.05) is 0 Å². The number of rotatable bonds is 3. The normalized spacial score (nSPS) is 8.92. The monoisotopic (exact) mass is 174 g/mol. The molecule has 0 aromatic heterocycles. The molecular weight excluding hydrogens is 164 g/mol. The fraction of sp³-hybridized carbons (Fsp3) is 0.200. The minimum atomic E-state index is 0.0874. The van der Waals surface area contributed by atoms with Crippen LogP contribution in [0.3, 0.4) is 0 Å². The summed E-state index contributed by atoms with van der Waals surface area (Å²) in [5, 5.41) is 11.5. The molecule has 0 fully saturated rings. The van der Waals surface area contributed by atoms with Crippen molar-refractivity contribution in [1.82, 2.24) is 0 Å². The number of anilines is 1. The molecule has 0 aliphatic rings. The van der Waals surface area contributed by atoms with E-state index in [-0.39, 0.29) is 5.78 Å². The van der Waals surface area contributed by atoms with Gasteiger partial charge in [0.15, 0.2) is 0 Å². The van der Waals surface area contributed by atoms with Crippen LogP contribution in [0.15, 0.2) is 24.3 Å². The van der Waals surface area contributed by atoms with Gasteiger partial charge in [-0.25, -0.2) is 0 Å². The van der Waals surface area contributed by atoms with Gasteiger partial charge < -0.3 is 5.32 Å². The van der Waals surface area contributed by atoms with Crippen LogP contribution >= 0.6 is 0 Å². The number of nitrogens with zero attached hydrogens (tertiary/aromatic N) is 1. The maximum atomic E-state index is 10.6. The van der Waals surface area contributed by atoms with Crippen molar-refractivity contribution in [1.29, 1.82) is 5.26 Å². The van der Waals surface area contributed by atoms with Crippen molar-refractivity contribution < 1.29 is 4.79 Å². The number of ketones is 1. The molecule has 0 atom stereocenters. The summed E-state index contributed by atoms with van der Waals surface area (Å²) in [7, 11) is 0. The molecule has 0 bridgehead atoms. The molecule has 0 saturated carbocycles. The van der Waals surface area contributed by atoms with E-state index >= 15 is 0 Å². The fourth-order valence-corrected chi connectivity index (χ4v) is 0.889. The second-order valence-corrected chi connectivity index (χ2v) is 2.74. The SMILES string of the molecule is CC(=O)CNc1ccc(C#N)cc1. The molecule has 0 amide bonds. The highest BCUT2D eigenvalue weighted by atomic mass is 16.1. The van der Waals surface area contributed by atoms with E-state index in [1.807, 2.05) is 6.07 Å². The largest absolute Gasteiger partial charge is 0.378 e. The summed E-state index contributed by atoms with van der Waals surface area (Å²) in [6.07, 6.45) is 0. The maximum Gasteiger partial charge on any atom is 0.148 e. The Morgan fingerprint density at radius 1 is 1.46 bits per heavy atom. The van der Waals surface area contributed by atoms with E-state index in [1.54, 1.807) is 24.3 Å². The van der Waals surface area contributed by atoms with Crippen LogP contribution in [0.25, 0.3) is 0 Å². The number of benzene rings is 1. The van der Waals surface area contributed by atoms with Gasteiger partial charge in [0.2, 0.25) is 0 Å². The molecule has 0 saturated heterocycles. The van der Waals surface area contributed by atoms with Gasteiger partial charge in [-0.15, -0.1) is 0 Å². The van der Waals surface area contributed by atoms with Crippen molar-refractivity contribution in [3.63, 3.8) is 0 Å². The first-order valence-electron chi connectivity index (χ1n) is 3.96. The molecule has 0 unspecified atom stereocenters. The zero-order valence-corrected chi connectivity index (χ0v) is 7.37. The van der Waals surface area contributed by atoms with Crippen molar-refractivity contribution in [3.05, 3.63) is 29.8 Å². The Hall–Kier alpha value is -1.82. The molecule has 3 heteroatoms. The van der Waals surface area contributed by atoms with Gasteiger partial charge in [-0.3, -0.25) is 4.79 Å². The predicted octanol–water partition coefficient (Wildman–Crippen LogP) is 1.56. The Morgan fingerprint density at radius 3 is 2.54 bits per heavy atom. The maximum absolute atomic E-state index is 10.6. The molecule has 1 rings (SSSR count). The van der Waals surface area contributed by atoms with Gasteiger partial charge in [0.25, 0.3) is 0 Å². The third kappa shape index (κ3) is 2.96. The lowest BCUT2D eigenvalue weighted by atomic mass is 10.2. The topological polar surface area (TPSA) is 52.9 Å². The summed E-state index contributed by atoms with van der Waals surface area (Å²) in [6, 6.07) is 9.00. The quantitative estimate of drug-likeness (QED) is 0.756. The lowest BCUT2D eigenvalue weighted by Gasteiger charge is -2.02. The van der Waals surface area contributed by atoms with Crippen LogP contribution < -0.4 is 5.32 Å². The second-order valence-electron chi connectivity index (χ2n) is 2.74. The first-order valence-corrected chi connectivity index (χ1v) is 3.96. The Balaban J connectivity index is 2.60. The van der Waals surface area contributed by atoms with Crippen LogP contribution in [-0.4, -0.2) is 12.3 Å². The smallest absolute Gasteiger partial charge is 0.148 e. The van der Waals surface area contributed by atoms with E-state index in [1.165, 1.54) is 6.92 Å². The van der Waals surface area contributed by atoms with Crippen LogP contribution in [0.5, 0.6) is 0 Å². The molecule has 1 aromatic rings. The van der Waals surface area contributed by atoms with Gasteiger partial charge in [-0.2, -0.15) is 5.26 Å². The summed E-state index contributed by atoms with van der Waals surface area (Å²) in [5.74, 6) is 0.0874. The van der Waals surface area contributed by atoms with Crippen LogP contribution in [-0.2, 0) is 4.79 Å². The van der Waals surface area contributed by atoms with Crippen LogP contribution in [0.1, 0.15) is 12.5 Å². The van der Waals surface area contributed by atoms with Gasteiger partial charge in [-0.05, 0) is 31.2 Å². The molecule has 66 valence electrons. The second kappa shape index (κ2) is 4.27. The summed E-state index contributed by atoms with van der Waals surface area (Å²) in [4.78, 5) is 10.6. The number of Topliss-reactive ketones (excluding diaryl/α,β-unsaturated/α-hetero) is 1. The molecule has 0 heterocycles. The first-order chi connectivity index (χ1) is 6.22.